The maximum absolute atomic E-state index is 14.9. The van der Waals surface area contributed by atoms with E-state index >= 15 is 0 Å². The van der Waals surface area contributed by atoms with Crippen LogP contribution in [0.25, 0.3) is 5.70 Å². The summed E-state index contributed by atoms with van der Waals surface area (Å²) in [5.41, 5.74) is -3.64. The molecule has 0 saturated heterocycles. The van der Waals surface area contributed by atoms with Crippen LogP contribution in [0.1, 0.15) is 38.8 Å². The van der Waals surface area contributed by atoms with Crippen molar-refractivity contribution < 1.29 is 46.9 Å². The van der Waals surface area contributed by atoms with Gasteiger partial charge < -0.3 is 29.5 Å². The highest BCUT2D eigenvalue weighted by Crippen LogP contribution is 2.45. The lowest BCUT2D eigenvalue weighted by atomic mass is 9.88. The number of rotatable bonds is 10. The quantitative estimate of drug-likeness (QED) is 0.396. The molecule has 10 nitrogen and oxygen atoms in total. The van der Waals surface area contributed by atoms with E-state index in [9.17, 15) is 32.7 Å². The second kappa shape index (κ2) is 12.9. The first kappa shape index (κ1) is 33.2. The third-order valence-corrected chi connectivity index (χ3v) is 7.13. The Morgan fingerprint density at radius 2 is 1.56 bits per heavy atom. The molecule has 0 spiro atoms. The number of aliphatic hydroxyl groups is 1. The first-order valence-electron chi connectivity index (χ1n) is 13.4. The van der Waals surface area contributed by atoms with Crippen molar-refractivity contribution in [3.8, 4) is 17.2 Å². The Morgan fingerprint density at radius 3 is 1.98 bits per heavy atom. The Kier molecular flexibility index (Phi) is 10.0. The molecule has 0 aromatic heterocycles. The van der Waals surface area contributed by atoms with Gasteiger partial charge in [-0.05, 0) is 30.0 Å². The Balaban J connectivity index is 2.46. The summed E-state index contributed by atoms with van der Waals surface area (Å²) in [6.45, 7) is 5.35. The molecule has 3 rings (SSSR count). The standard InChI is InChI=1S/C30H36F3N3O7/c1-17(2)26-28(39)36(25(13-20-11-9-8-10-12-20)29(40,30(31,32)33)34-18(3)37)22(16-35(26)19(4)38)21-14-23(41-5)27(43-7)24(15-21)42-6/h8-12,14-17,25-26,40H,13H2,1-7H3,(H,34,37). The maximum atomic E-state index is 14.9. The van der Waals surface area contributed by atoms with Gasteiger partial charge in [-0.2, -0.15) is 13.2 Å². The summed E-state index contributed by atoms with van der Waals surface area (Å²) in [5, 5.41) is 13.1. The molecule has 43 heavy (non-hydrogen) atoms. The summed E-state index contributed by atoms with van der Waals surface area (Å²) >= 11 is 0. The first-order valence-corrected chi connectivity index (χ1v) is 13.4. The smallest absolute Gasteiger partial charge is 0.438 e. The molecule has 2 aromatic carbocycles. The number of carbonyl (C=O) groups excluding carboxylic acids is 3. The van der Waals surface area contributed by atoms with E-state index in [1.807, 2.05) is 0 Å². The highest BCUT2D eigenvalue weighted by atomic mass is 19.4. The summed E-state index contributed by atoms with van der Waals surface area (Å²) in [4.78, 5) is 41.3. The summed E-state index contributed by atoms with van der Waals surface area (Å²) < 4.78 is 60.9. The van der Waals surface area contributed by atoms with Crippen LogP contribution in [0.15, 0.2) is 48.7 Å². The molecule has 0 fully saturated rings. The molecule has 0 saturated carbocycles. The number of halogens is 3. The van der Waals surface area contributed by atoms with Gasteiger partial charge >= 0.3 is 6.18 Å². The molecule has 3 amide bonds. The minimum Gasteiger partial charge on any atom is -0.493 e. The topological polar surface area (TPSA) is 118 Å². The average molecular weight is 608 g/mol. The number of nitrogens with one attached hydrogen (secondary N) is 1. The van der Waals surface area contributed by atoms with E-state index in [-0.39, 0.29) is 28.5 Å². The molecule has 1 aliphatic rings. The monoisotopic (exact) mass is 607 g/mol. The fourth-order valence-corrected chi connectivity index (χ4v) is 5.19. The van der Waals surface area contributed by atoms with Gasteiger partial charge in [-0.3, -0.25) is 19.3 Å². The van der Waals surface area contributed by atoms with E-state index in [4.69, 9.17) is 14.2 Å². The summed E-state index contributed by atoms with van der Waals surface area (Å²) in [6.07, 6.45) is -4.71. The van der Waals surface area contributed by atoms with E-state index in [0.29, 0.717) is 5.56 Å². The van der Waals surface area contributed by atoms with Crippen LogP contribution in [0.2, 0.25) is 0 Å². The predicted octanol–water partition coefficient (Wildman–Crippen LogP) is 3.72. The summed E-state index contributed by atoms with van der Waals surface area (Å²) in [5.74, 6) is -2.73. The minimum absolute atomic E-state index is 0.113. The van der Waals surface area contributed by atoms with Crippen LogP contribution in [0.5, 0.6) is 17.2 Å². The molecule has 3 atom stereocenters. The number of hydrogen-bond donors (Lipinski definition) is 2. The highest BCUT2D eigenvalue weighted by Gasteiger charge is 2.63. The van der Waals surface area contributed by atoms with Gasteiger partial charge in [0.1, 0.15) is 6.04 Å². The van der Waals surface area contributed by atoms with E-state index in [1.165, 1.54) is 58.7 Å². The summed E-state index contributed by atoms with van der Waals surface area (Å²) in [7, 11) is 4.05. The molecule has 234 valence electrons. The zero-order valence-electron chi connectivity index (χ0n) is 25.0. The van der Waals surface area contributed by atoms with Crippen molar-refractivity contribution in [1.82, 2.24) is 15.1 Å². The minimum atomic E-state index is -5.44. The number of methoxy groups -OCH3 is 3. The number of carbonyl (C=O) groups is 3. The zero-order valence-corrected chi connectivity index (χ0v) is 25.0. The van der Waals surface area contributed by atoms with E-state index in [0.717, 1.165) is 16.7 Å². The second-order valence-electron chi connectivity index (χ2n) is 10.4. The van der Waals surface area contributed by atoms with Crippen LogP contribution >= 0.6 is 0 Å². The van der Waals surface area contributed by atoms with Gasteiger partial charge in [-0.1, -0.05) is 44.2 Å². The lowest BCUT2D eigenvalue weighted by molar-refractivity contribution is -0.287. The average Bonchev–Trinajstić information content (AvgIpc) is 2.93. The van der Waals surface area contributed by atoms with Crippen molar-refractivity contribution in [3.05, 3.63) is 59.8 Å². The maximum Gasteiger partial charge on any atom is 0.438 e. The van der Waals surface area contributed by atoms with Crippen molar-refractivity contribution in [3.63, 3.8) is 0 Å². The van der Waals surface area contributed by atoms with Crippen molar-refractivity contribution >= 4 is 23.4 Å². The van der Waals surface area contributed by atoms with Crippen LogP contribution in [0.4, 0.5) is 13.2 Å². The zero-order chi connectivity index (χ0) is 32.3. The van der Waals surface area contributed by atoms with Crippen molar-refractivity contribution in [2.45, 2.75) is 58.1 Å². The van der Waals surface area contributed by atoms with E-state index < -0.39 is 54.0 Å². The van der Waals surface area contributed by atoms with Crippen molar-refractivity contribution in [2.75, 3.05) is 21.3 Å². The molecule has 1 heterocycles. The Bertz CT molecular complexity index is 1360. The van der Waals surface area contributed by atoms with Crippen LogP contribution in [0.3, 0.4) is 0 Å². The fourth-order valence-electron chi connectivity index (χ4n) is 5.19. The van der Waals surface area contributed by atoms with Gasteiger partial charge in [0.2, 0.25) is 17.6 Å². The van der Waals surface area contributed by atoms with Gasteiger partial charge in [-0.15, -0.1) is 0 Å². The molecule has 3 unspecified atom stereocenters. The normalized spacial score (nSPS) is 17.6. The molecule has 2 aromatic rings. The van der Waals surface area contributed by atoms with Crippen LogP contribution < -0.4 is 19.5 Å². The first-order chi connectivity index (χ1) is 20.1. The van der Waals surface area contributed by atoms with Gasteiger partial charge in [0.15, 0.2) is 11.5 Å². The molecule has 0 aliphatic carbocycles. The number of benzene rings is 2. The van der Waals surface area contributed by atoms with Crippen LogP contribution in [0, 0.1) is 5.92 Å². The van der Waals surface area contributed by atoms with Gasteiger partial charge in [-0.25, -0.2) is 0 Å². The predicted molar refractivity (Wildman–Crippen MR) is 151 cm³/mol. The van der Waals surface area contributed by atoms with Gasteiger partial charge in [0, 0.05) is 25.6 Å². The second-order valence-corrected chi connectivity index (χ2v) is 10.4. The van der Waals surface area contributed by atoms with E-state index in [1.54, 1.807) is 37.4 Å². The summed E-state index contributed by atoms with van der Waals surface area (Å²) in [6, 6.07) is 7.39. The lowest BCUT2D eigenvalue weighted by Gasteiger charge is -2.49. The number of nitrogens with zero attached hydrogens (tertiary/aromatic N) is 2. The van der Waals surface area contributed by atoms with Gasteiger partial charge in [0.05, 0.1) is 33.1 Å². The SMILES string of the molecule is COc1cc(C2=CN(C(C)=O)C(C(C)C)C(=O)N2C(Cc2ccccc2)C(O)(NC(C)=O)C(F)(F)F)cc(OC)c1OC. The number of alkyl halides is 3. The van der Waals surface area contributed by atoms with Crippen LogP contribution in [-0.2, 0) is 20.8 Å². The number of ether oxygens (including phenoxy) is 3. The third kappa shape index (κ3) is 6.56. The van der Waals surface area contributed by atoms with Crippen LogP contribution in [-0.4, -0.2) is 77.9 Å². The number of hydrogen-bond acceptors (Lipinski definition) is 7. The molecule has 0 bridgehead atoms. The van der Waals surface area contributed by atoms with Gasteiger partial charge in [0.25, 0.3) is 11.6 Å². The third-order valence-electron chi connectivity index (χ3n) is 7.13. The van der Waals surface area contributed by atoms with Crippen molar-refractivity contribution in [1.29, 1.82) is 0 Å². The van der Waals surface area contributed by atoms with Crippen molar-refractivity contribution in [2.24, 2.45) is 5.92 Å². The Labute approximate surface area is 248 Å². The molecule has 0 radical (unpaired) electrons. The Hall–Kier alpha value is -4.26. The molecule has 2 N–H and O–H groups in total. The molecular formula is C30H36F3N3O7. The van der Waals surface area contributed by atoms with E-state index in [2.05, 4.69) is 0 Å². The fraction of sp³-hybridized carbons (Fsp3) is 0.433. The largest absolute Gasteiger partial charge is 0.493 e. The highest BCUT2D eigenvalue weighted by molar-refractivity contribution is 5.97. The lowest BCUT2D eigenvalue weighted by Crippen LogP contribution is -2.72. The molecule has 13 heteroatoms. The molecule has 1 aliphatic heterocycles. The Morgan fingerprint density at radius 1 is 1.00 bits per heavy atom. The molecular weight excluding hydrogens is 571 g/mol. The number of amides is 3.